The number of rotatable bonds is 1. The quantitative estimate of drug-likeness (QED) is 0.576. The summed E-state index contributed by atoms with van der Waals surface area (Å²) in [6.07, 6.45) is 1.74. The molecule has 2 amide bonds. The molecular formula is C12H9NO2S2. The van der Waals surface area contributed by atoms with E-state index >= 15 is 0 Å². The van der Waals surface area contributed by atoms with Gasteiger partial charge >= 0.3 is 0 Å². The maximum Gasteiger partial charge on any atom is 0.273 e. The van der Waals surface area contributed by atoms with Crippen LogP contribution in [0.25, 0.3) is 6.08 Å². The summed E-state index contributed by atoms with van der Waals surface area (Å²) in [6.45, 7) is 1.33. The Morgan fingerprint density at radius 2 is 2.00 bits per heavy atom. The van der Waals surface area contributed by atoms with Crippen molar-refractivity contribution in [3.8, 4) is 0 Å². The zero-order chi connectivity index (χ0) is 12.4. The standard InChI is InChI=1S/C12H9NO2S2/c1-8(14)13-11(15)10(17-12(13)16)7-9-5-3-2-4-6-9/h2-7H,1H3. The Labute approximate surface area is 108 Å². The Hall–Kier alpha value is -1.46. The van der Waals surface area contributed by atoms with Gasteiger partial charge in [0.15, 0.2) is 4.32 Å². The Bertz CT molecular complexity index is 523. The summed E-state index contributed by atoms with van der Waals surface area (Å²) in [5, 5.41) is 0. The molecule has 0 unspecified atom stereocenters. The fraction of sp³-hybridized carbons (Fsp3) is 0.0833. The Morgan fingerprint density at radius 1 is 1.35 bits per heavy atom. The SMILES string of the molecule is CC(=O)N1C(=O)C(=Cc2ccccc2)SC1=S. The molecule has 0 bridgehead atoms. The molecule has 0 atom stereocenters. The van der Waals surface area contributed by atoms with Gasteiger partial charge in [-0.3, -0.25) is 9.59 Å². The average Bonchev–Trinajstić information content (AvgIpc) is 2.55. The van der Waals surface area contributed by atoms with Crippen molar-refractivity contribution in [1.82, 2.24) is 4.90 Å². The van der Waals surface area contributed by atoms with Crippen LogP contribution >= 0.6 is 24.0 Å². The van der Waals surface area contributed by atoms with Crippen molar-refractivity contribution < 1.29 is 9.59 Å². The molecule has 0 aliphatic carbocycles. The van der Waals surface area contributed by atoms with Crippen molar-refractivity contribution in [3.63, 3.8) is 0 Å². The lowest BCUT2D eigenvalue weighted by molar-refractivity contribution is -0.135. The predicted octanol–water partition coefficient (Wildman–Crippen LogP) is 2.43. The molecule has 1 heterocycles. The number of carbonyl (C=O) groups is 2. The van der Waals surface area contributed by atoms with Crippen molar-refractivity contribution in [2.75, 3.05) is 0 Å². The molecule has 0 radical (unpaired) electrons. The third-order valence-electron chi connectivity index (χ3n) is 2.21. The summed E-state index contributed by atoms with van der Waals surface area (Å²) in [4.78, 5) is 24.6. The molecule has 86 valence electrons. The fourth-order valence-corrected chi connectivity index (χ4v) is 2.79. The van der Waals surface area contributed by atoms with Crippen LogP contribution in [0.1, 0.15) is 12.5 Å². The zero-order valence-electron chi connectivity index (χ0n) is 9.04. The molecule has 2 rings (SSSR count). The van der Waals surface area contributed by atoms with E-state index in [1.54, 1.807) is 6.08 Å². The van der Waals surface area contributed by atoms with E-state index in [9.17, 15) is 9.59 Å². The number of hydrogen-bond acceptors (Lipinski definition) is 4. The van der Waals surface area contributed by atoms with Gasteiger partial charge < -0.3 is 0 Å². The lowest BCUT2D eigenvalue weighted by atomic mass is 10.2. The zero-order valence-corrected chi connectivity index (χ0v) is 10.7. The van der Waals surface area contributed by atoms with E-state index in [1.165, 1.54) is 6.92 Å². The van der Waals surface area contributed by atoms with Gasteiger partial charge in [-0.15, -0.1) is 0 Å². The van der Waals surface area contributed by atoms with Crippen LogP contribution in [0.15, 0.2) is 35.2 Å². The monoisotopic (exact) mass is 263 g/mol. The van der Waals surface area contributed by atoms with E-state index < -0.39 is 0 Å². The van der Waals surface area contributed by atoms with Crippen molar-refractivity contribution in [1.29, 1.82) is 0 Å². The fourth-order valence-electron chi connectivity index (χ4n) is 1.44. The first-order valence-electron chi connectivity index (χ1n) is 4.93. The van der Waals surface area contributed by atoms with Crippen LogP contribution in [0.4, 0.5) is 0 Å². The minimum absolute atomic E-state index is 0.296. The molecule has 3 nitrogen and oxygen atoms in total. The molecule has 1 fully saturated rings. The van der Waals surface area contributed by atoms with Gasteiger partial charge in [0.25, 0.3) is 5.91 Å². The van der Waals surface area contributed by atoms with Crippen LogP contribution < -0.4 is 0 Å². The highest BCUT2D eigenvalue weighted by molar-refractivity contribution is 8.26. The summed E-state index contributed by atoms with van der Waals surface area (Å²) in [7, 11) is 0. The van der Waals surface area contributed by atoms with Crippen molar-refractivity contribution in [2.45, 2.75) is 6.92 Å². The largest absolute Gasteiger partial charge is 0.274 e. The Morgan fingerprint density at radius 3 is 2.53 bits per heavy atom. The summed E-state index contributed by atoms with van der Waals surface area (Å²) < 4.78 is 0.296. The van der Waals surface area contributed by atoms with Gasteiger partial charge in [0, 0.05) is 6.92 Å². The maximum atomic E-state index is 11.9. The van der Waals surface area contributed by atoms with Crippen LogP contribution in [0, 0.1) is 0 Å². The third-order valence-corrected chi connectivity index (χ3v) is 3.51. The van der Waals surface area contributed by atoms with Crippen LogP contribution in [0.5, 0.6) is 0 Å². The minimum atomic E-state index is -0.344. The first kappa shape index (κ1) is 12.0. The molecule has 17 heavy (non-hydrogen) atoms. The highest BCUT2D eigenvalue weighted by Gasteiger charge is 2.34. The topological polar surface area (TPSA) is 37.4 Å². The van der Waals surface area contributed by atoms with E-state index in [4.69, 9.17) is 12.2 Å². The average molecular weight is 263 g/mol. The van der Waals surface area contributed by atoms with E-state index in [1.807, 2.05) is 30.3 Å². The highest BCUT2D eigenvalue weighted by atomic mass is 32.2. The minimum Gasteiger partial charge on any atom is -0.274 e. The third kappa shape index (κ3) is 2.45. The second-order valence-electron chi connectivity index (χ2n) is 3.45. The first-order chi connectivity index (χ1) is 8.09. The van der Waals surface area contributed by atoms with Crippen LogP contribution in [-0.2, 0) is 9.59 Å². The van der Waals surface area contributed by atoms with Gasteiger partial charge in [0.05, 0.1) is 4.91 Å². The Kier molecular flexibility index (Phi) is 3.40. The van der Waals surface area contributed by atoms with Gasteiger partial charge in [0.1, 0.15) is 0 Å². The molecule has 0 aromatic heterocycles. The number of benzene rings is 1. The van der Waals surface area contributed by atoms with Gasteiger partial charge in [-0.05, 0) is 11.6 Å². The summed E-state index contributed by atoms with van der Waals surface area (Å²) in [5.41, 5.74) is 0.913. The highest BCUT2D eigenvalue weighted by Crippen LogP contribution is 2.32. The molecule has 1 aromatic carbocycles. The second-order valence-corrected chi connectivity index (χ2v) is 5.12. The van der Waals surface area contributed by atoms with Gasteiger partial charge in [-0.1, -0.05) is 54.3 Å². The summed E-state index contributed by atoms with van der Waals surface area (Å²) in [6, 6.07) is 9.45. The molecule has 1 aliphatic rings. The second kappa shape index (κ2) is 4.81. The molecule has 1 aromatic rings. The number of amides is 2. The molecule has 0 saturated carbocycles. The molecule has 0 spiro atoms. The smallest absolute Gasteiger partial charge is 0.273 e. The van der Waals surface area contributed by atoms with Crippen molar-refractivity contribution in [2.24, 2.45) is 0 Å². The van der Waals surface area contributed by atoms with Gasteiger partial charge in [-0.25, -0.2) is 4.90 Å². The summed E-state index contributed by atoms with van der Waals surface area (Å²) >= 11 is 6.15. The number of thiocarbonyl (C=S) groups is 1. The van der Waals surface area contributed by atoms with Gasteiger partial charge in [-0.2, -0.15) is 0 Å². The lowest BCUT2D eigenvalue weighted by Gasteiger charge is -2.07. The van der Waals surface area contributed by atoms with E-state index in [2.05, 4.69) is 0 Å². The number of thioether (sulfide) groups is 1. The molecule has 1 saturated heterocycles. The van der Waals surface area contributed by atoms with E-state index in [0.717, 1.165) is 22.2 Å². The Balaban J connectivity index is 2.31. The van der Waals surface area contributed by atoms with E-state index in [0.29, 0.717) is 9.23 Å². The van der Waals surface area contributed by atoms with Crippen LogP contribution in [0.3, 0.4) is 0 Å². The predicted molar refractivity (Wildman–Crippen MR) is 72.1 cm³/mol. The molecule has 5 heteroatoms. The van der Waals surface area contributed by atoms with Crippen molar-refractivity contribution >= 4 is 46.2 Å². The normalized spacial score (nSPS) is 17.9. The lowest BCUT2D eigenvalue weighted by Crippen LogP contribution is -2.32. The van der Waals surface area contributed by atoms with Crippen molar-refractivity contribution in [3.05, 3.63) is 40.8 Å². The number of carbonyl (C=O) groups excluding carboxylic acids is 2. The van der Waals surface area contributed by atoms with Gasteiger partial charge in [0.2, 0.25) is 5.91 Å². The molecule has 0 N–H and O–H groups in total. The van der Waals surface area contributed by atoms with E-state index in [-0.39, 0.29) is 11.8 Å². The number of nitrogens with zero attached hydrogens (tertiary/aromatic N) is 1. The number of hydrogen-bond donors (Lipinski definition) is 0. The van der Waals surface area contributed by atoms with Crippen LogP contribution in [-0.4, -0.2) is 21.0 Å². The van der Waals surface area contributed by atoms with Crippen LogP contribution in [0.2, 0.25) is 0 Å². The number of imide groups is 1. The molecular weight excluding hydrogens is 254 g/mol. The molecule has 1 aliphatic heterocycles. The maximum absolute atomic E-state index is 11.9. The summed E-state index contributed by atoms with van der Waals surface area (Å²) in [5.74, 6) is -0.680. The first-order valence-corrected chi connectivity index (χ1v) is 6.15.